The van der Waals surface area contributed by atoms with Gasteiger partial charge in [0.15, 0.2) is 11.6 Å². The van der Waals surface area contributed by atoms with E-state index >= 15 is 0 Å². The standard InChI is InChI=1S/C9H13FN3O4P/c10-9(18)6(15)4(3-14)17-7(9)13-2-1-5(11)12-8(13)16/h1-2,4,6-7,14-15H,3,18H2,(H2,11,12,16)/t4-,6?,7-,9?/m1/s1. The van der Waals surface area contributed by atoms with Crippen molar-refractivity contribution in [3.63, 3.8) is 0 Å². The molecule has 3 unspecified atom stereocenters. The fraction of sp³-hybridized carbons (Fsp3) is 0.556. The van der Waals surface area contributed by atoms with E-state index in [1.165, 1.54) is 12.3 Å². The number of anilines is 1. The number of hydrogen-bond acceptors (Lipinski definition) is 6. The predicted octanol–water partition coefficient (Wildman–Crippen LogP) is -1.38. The Morgan fingerprint density at radius 1 is 1.72 bits per heavy atom. The minimum atomic E-state index is -2.30. The molecule has 5 atom stereocenters. The molecular weight excluding hydrogens is 264 g/mol. The molecule has 100 valence electrons. The van der Waals surface area contributed by atoms with Gasteiger partial charge in [0.2, 0.25) is 0 Å². The Kier molecular flexibility index (Phi) is 3.37. The second-order valence-corrected chi connectivity index (χ2v) is 4.91. The molecule has 0 radical (unpaired) electrons. The number of nitrogens with two attached hydrogens (primary N) is 1. The molecular formula is C9H13FN3O4P. The van der Waals surface area contributed by atoms with Crippen LogP contribution in [0.1, 0.15) is 6.23 Å². The first-order valence-corrected chi connectivity index (χ1v) is 5.72. The quantitative estimate of drug-likeness (QED) is 0.574. The van der Waals surface area contributed by atoms with Crippen LogP contribution in [0.2, 0.25) is 0 Å². The first-order valence-electron chi connectivity index (χ1n) is 5.14. The summed E-state index contributed by atoms with van der Waals surface area (Å²) in [5.74, 6) is 0.00159. The summed E-state index contributed by atoms with van der Waals surface area (Å²) < 4.78 is 20.3. The van der Waals surface area contributed by atoms with E-state index in [4.69, 9.17) is 15.6 Å². The summed E-state index contributed by atoms with van der Waals surface area (Å²) >= 11 is 0. The molecule has 2 rings (SSSR count). The molecule has 9 heteroatoms. The van der Waals surface area contributed by atoms with Crippen LogP contribution < -0.4 is 11.4 Å². The van der Waals surface area contributed by atoms with Crippen LogP contribution >= 0.6 is 9.24 Å². The molecule has 1 aliphatic heterocycles. The molecule has 0 spiro atoms. The number of aliphatic hydroxyl groups excluding tert-OH is 2. The van der Waals surface area contributed by atoms with E-state index < -0.39 is 36.1 Å². The van der Waals surface area contributed by atoms with Crippen LogP contribution in [0.25, 0.3) is 0 Å². The highest BCUT2D eigenvalue weighted by atomic mass is 31.0. The Morgan fingerprint density at radius 2 is 2.39 bits per heavy atom. The summed E-state index contributed by atoms with van der Waals surface area (Å²) in [5, 5.41) is 16.3. The second-order valence-electron chi connectivity index (χ2n) is 4.02. The Labute approximate surface area is 104 Å². The minimum absolute atomic E-state index is 0.00159. The Bertz CT molecular complexity index is 509. The molecule has 1 fully saturated rings. The maximum atomic E-state index is 14.3. The molecule has 1 aromatic rings. The second kappa shape index (κ2) is 4.55. The molecule has 0 bridgehead atoms. The van der Waals surface area contributed by atoms with Gasteiger partial charge in [-0.2, -0.15) is 4.98 Å². The largest absolute Gasteiger partial charge is 0.394 e. The van der Waals surface area contributed by atoms with E-state index in [0.717, 1.165) is 4.57 Å². The predicted molar refractivity (Wildman–Crippen MR) is 63.5 cm³/mol. The van der Waals surface area contributed by atoms with Gasteiger partial charge in [0, 0.05) is 6.20 Å². The minimum Gasteiger partial charge on any atom is -0.394 e. The van der Waals surface area contributed by atoms with Crippen molar-refractivity contribution < 1.29 is 19.3 Å². The maximum Gasteiger partial charge on any atom is 0.351 e. The third-order valence-corrected chi connectivity index (χ3v) is 3.40. The Balaban J connectivity index is 2.42. The van der Waals surface area contributed by atoms with Crippen LogP contribution in [0.3, 0.4) is 0 Å². The lowest BCUT2D eigenvalue weighted by Gasteiger charge is -2.24. The van der Waals surface area contributed by atoms with Crippen LogP contribution in [0.4, 0.5) is 10.2 Å². The lowest BCUT2D eigenvalue weighted by molar-refractivity contribution is -0.0512. The summed E-state index contributed by atoms with van der Waals surface area (Å²) in [6, 6.07) is 1.31. The molecule has 2 heterocycles. The highest BCUT2D eigenvalue weighted by Crippen LogP contribution is 2.45. The van der Waals surface area contributed by atoms with E-state index in [9.17, 15) is 14.3 Å². The highest BCUT2D eigenvalue weighted by Gasteiger charge is 2.55. The number of rotatable bonds is 2. The van der Waals surface area contributed by atoms with Crippen molar-refractivity contribution in [2.45, 2.75) is 23.8 Å². The third kappa shape index (κ3) is 2.01. The number of hydrogen-bond donors (Lipinski definition) is 3. The number of ether oxygens (including phenoxy) is 1. The first kappa shape index (κ1) is 13.4. The van der Waals surface area contributed by atoms with E-state index in [1.54, 1.807) is 9.24 Å². The van der Waals surface area contributed by atoms with Crippen molar-refractivity contribution in [2.75, 3.05) is 12.3 Å². The van der Waals surface area contributed by atoms with E-state index in [0.29, 0.717) is 0 Å². The maximum absolute atomic E-state index is 14.3. The van der Waals surface area contributed by atoms with Gasteiger partial charge >= 0.3 is 5.69 Å². The molecule has 7 nitrogen and oxygen atoms in total. The Morgan fingerprint density at radius 3 is 2.89 bits per heavy atom. The SMILES string of the molecule is Nc1ccn([C@@H]2O[C@H](CO)C(O)C2(F)P)c(=O)n1. The number of halogens is 1. The molecule has 1 aliphatic rings. The molecule has 1 aromatic heterocycles. The van der Waals surface area contributed by atoms with Crippen molar-refractivity contribution in [3.8, 4) is 0 Å². The molecule has 0 amide bonds. The Hall–Kier alpha value is -1.08. The van der Waals surface area contributed by atoms with Crippen molar-refractivity contribution in [1.82, 2.24) is 9.55 Å². The summed E-state index contributed by atoms with van der Waals surface area (Å²) in [5.41, 5.74) is 4.52. The monoisotopic (exact) mass is 277 g/mol. The van der Waals surface area contributed by atoms with Crippen molar-refractivity contribution in [2.24, 2.45) is 0 Å². The normalized spacial score (nSPS) is 35.9. The zero-order valence-electron chi connectivity index (χ0n) is 9.23. The van der Waals surface area contributed by atoms with Crippen molar-refractivity contribution in [3.05, 3.63) is 22.7 Å². The van der Waals surface area contributed by atoms with Crippen LogP contribution in [0.5, 0.6) is 0 Å². The highest BCUT2D eigenvalue weighted by molar-refractivity contribution is 7.18. The fourth-order valence-electron chi connectivity index (χ4n) is 1.80. The molecule has 4 N–H and O–H groups in total. The van der Waals surface area contributed by atoms with Gasteiger partial charge in [0.25, 0.3) is 0 Å². The smallest absolute Gasteiger partial charge is 0.351 e. The van der Waals surface area contributed by atoms with Gasteiger partial charge in [-0.05, 0) is 6.07 Å². The van der Waals surface area contributed by atoms with Gasteiger partial charge < -0.3 is 20.7 Å². The van der Waals surface area contributed by atoms with Gasteiger partial charge in [0.1, 0.15) is 18.0 Å². The van der Waals surface area contributed by atoms with Crippen LogP contribution in [0.15, 0.2) is 17.1 Å². The van der Waals surface area contributed by atoms with Gasteiger partial charge in [-0.3, -0.25) is 4.57 Å². The van der Waals surface area contributed by atoms with Gasteiger partial charge in [0.05, 0.1) is 6.61 Å². The van der Waals surface area contributed by atoms with Crippen LogP contribution in [0, 0.1) is 0 Å². The third-order valence-electron chi connectivity index (χ3n) is 2.77. The van der Waals surface area contributed by atoms with Gasteiger partial charge in [-0.25, -0.2) is 9.18 Å². The summed E-state index contributed by atoms with van der Waals surface area (Å²) in [6.07, 6.45) is -2.85. The zero-order valence-corrected chi connectivity index (χ0v) is 10.4. The van der Waals surface area contributed by atoms with Crippen molar-refractivity contribution in [1.29, 1.82) is 0 Å². The molecule has 0 saturated carbocycles. The van der Waals surface area contributed by atoms with E-state index in [-0.39, 0.29) is 5.82 Å². The number of nitrogens with zero attached hydrogens (tertiary/aromatic N) is 2. The topological polar surface area (TPSA) is 111 Å². The average Bonchev–Trinajstić information content (AvgIpc) is 2.52. The summed E-state index contributed by atoms with van der Waals surface area (Å²) in [7, 11) is 1.80. The number of nitrogen functional groups attached to an aromatic ring is 1. The number of alkyl halides is 1. The first-order chi connectivity index (χ1) is 8.37. The van der Waals surface area contributed by atoms with Crippen molar-refractivity contribution >= 4 is 15.1 Å². The van der Waals surface area contributed by atoms with Crippen LogP contribution in [-0.2, 0) is 4.74 Å². The van der Waals surface area contributed by atoms with Gasteiger partial charge in [-0.15, -0.1) is 0 Å². The van der Waals surface area contributed by atoms with E-state index in [2.05, 4.69) is 4.98 Å². The average molecular weight is 277 g/mol. The fourth-order valence-corrected chi connectivity index (χ4v) is 2.26. The van der Waals surface area contributed by atoms with E-state index in [1.807, 2.05) is 0 Å². The number of aliphatic hydroxyl groups is 2. The lowest BCUT2D eigenvalue weighted by Crippen LogP contribution is -2.40. The lowest BCUT2D eigenvalue weighted by atomic mass is 10.1. The zero-order chi connectivity index (χ0) is 13.5. The molecule has 1 saturated heterocycles. The van der Waals surface area contributed by atoms with Crippen LogP contribution in [-0.4, -0.2) is 44.0 Å². The molecule has 0 aromatic carbocycles. The molecule has 18 heavy (non-hydrogen) atoms. The van der Waals surface area contributed by atoms with Gasteiger partial charge in [-0.1, -0.05) is 9.24 Å². The summed E-state index contributed by atoms with van der Waals surface area (Å²) in [4.78, 5) is 15.0. The molecule has 0 aliphatic carbocycles. The number of aromatic nitrogens is 2. The summed E-state index contributed by atoms with van der Waals surface area (Å²) in [6.45, 7) is -0.561.